The third-order valence-corrected chi connectivity index (χ3v) is 6.50. The molecule has 1 N–H and O–H groups in total. The lowest BCUT2D eigenvalue weighted by Gasteiger charge is -2.38. The standard InChI is InChI=1S/C23H34N6O3/c1-15(2)12-29-20(31)8-7-17-16(3)25-22(26-23(17)29)18-6-4-5-10-28(18)21(32)14-27-11-9-24-19(30)13-27/h15,18H,4-14H2,1-3H3,(H,24,30)/t18-/m0/s1. The molecule has 0 aliphatic carbocycles. The van der Waals surface area contributed by atoms with E-state index in [0.29, 0.717) is 50.8 Å². The van der Waals surface area contributed by atoms with Gasteiger partial charge in [0.05, 0.1) is 19.1 Å². The first-order valence-electron chi connectivity index (χ1n) is 11.8. The largest absolute Gasteiger partial charge is 0.354 e. The number of anilines is 1. The van der Waals surface area contributed by atoms with E-state index in [1.165, 1.54) is 0 Å². The lowest BCUT2D eigenvalue weighted by Crippen LogP contribution is -2.52. The summed E-state index contributed by atoms with van der Waals surface area (Å²) in [7, 11) is 0. The maximum Gasteiger partial charge on any atom is 0.237 e. The van der Waals surface area contributed by atoms with Crippen LogP contribution in [-0.2, 0) is 20.8 Å². The predicted molar refractivity (Wildman–Crippen MR) is 120 cm³/mol. The minimum absolute atomic E-state index is 0.0125. The van der Waals surface area contributed by atoms with Gasteiger partial charge in [0.25, 0.3) is 0 Å². The molecule has 2 saturated heterocycles. The summed E-state index contributed by atoms with van der Waals surface area (Å²) in [6, 6.07) is -0.197. The number of likely N-dealkylation sites (tertiary alicyclic amines) is 1. The Bertz CT molecular complexity index is 902. The molecule has 3 amide bonds. The molecule has 2 fully saturated rings. The number of nitrogens with zero attached hydrogens (tertiary/aromatic N) is 5. The van der Waals surface area contributed by atoms with Gasteiger partial charge >= 0.3 is 0 Å². The fourth-order valence-corrected chi connectivity index (χ4v) is 4.91. The van der Waals surface area contributed by atoms with Crippen molar-refractivity contribution in [2.45, 2.75) is 58.9 Å². The Morgan fingerprint density at radius 2 is 1.97 bits per heavy atom. The number of piperazine rings is 1. The van der Waals surface area contributed by atoms with Crippen molar-refractivity contribution in [2.75, 3.05) is 44.2 Å². The molecule has 1 aromatic heterocycles. The molecule has 0 saturated carbocycles. The monoisotopic (exact) mass is 442 g/mol. The van der Waals surface area contributed by atoms with Crippen molar-refractivity contribution >= 4 is 23.5 Å². The van der Waals surface area contributed by atoms with Gasteiger partial charge < -0.3 is 10.2 Å². The molecule has 0 spiro atoms. The molecule has 4 heterocycles. The Morgan fingerprint density at radius 3 is 2.72 bits per heavy atom. The highest BCUT2D eigenvalue weighted by molar-refractivity contribution is 5.95. The van der Waals surface area contributed by atoms with Crippen LogP contribution in [-0.4, -0.2) is 76.8 Å². The summed E-state index contributed by atoms with van der Waals surface area (Å²) in [5, 5.41) is 2.80. The van der Waals surface area contributed by atoms with Crippen LogP contribution in [0, 0.1) is 12.8 Å². The second kappa shape index (κ2) is 9.52. The molecule has 1 atom stereocenters. The van der Waals surface area contributed by atoms with E-state index in [-0.39, 0.29) is 36.9 Å². The van der Waals surface area contributed by atoms with Crippen LogP contribution in [0.25, 0.3) is 0 Å². The number of hydrogen-bond acceptors (Lipinski definition) is 6. The Labute approximate surface area is 189 Å². The normalized spacial score (nSPS) is 22.2. The van der Waals surface area contributed by atoms with Gasteiger partial charge in [-0.3, -0.25) is 24.2 Å². The first-order valence-corrected chi connectivity index (χ1v) is 11.8. The molecule has 9 nitrogen and oxygen atoms in total. The van der Waals surface area contributed by atoms with Crippen molar-refractivity contribution in [2.24, 2.45) is 5.92 Å². The molecule has 174 valence electrons. The number of aryl methyl sites for hydroxylation is 1. The molecular formula is C23H34N6O3. The van der Waals surface area contributed by atoms with Gasteiger partial charge in [-0.1, -0.05) is 13.8 Å². The van der Waals surface area contributed by atoms with Crippen molar-refractivity contribution in [3.8, 4) is 0 Å². The van der Waals surface area contributed by atoms with Crippen LogP contribution >= 0.6 is 0 Å². The zero-order valence-electron chi connectivity index (χ0n) is 19.4. The minimum Gasteiger partial charge on any atom is -0.354 e. The number of rotatable bonds is 5. The second-order valence-electron chi connectivity index (χ2n) is 9.53. The average Bonchev–Trinajstić information content (AvgIpc) is 2.75. The summed E-state index contributed by atoms with van der Waals surface area (Å²) >= 11 is 0. The van der Waals surface area contributed by atoms with Crippen LogP contribution in [0.5, 0.6) is 0 Å². The summed E-state index contributed by atoms with van der Waals surface area (Å²) in [6.07, 6.45) is 3.92. The highest BCUT2D eigenvalue weighted by Crippen LogP contribution is 2.34. The lowest BCUT2D eigenvalue weighted by atomic mass is 9.99. The zero-order chi connectivity index (χ0) is 22.8. The first-order chi connectivity index (χ1) is 15.3. The number of carbonyl (C=O) groups excluding carboxylic acids is 3. The van der Waals surface area contributed by atoms with E-state index in [2.05, 4.69) is 19.2 Å². The van der Waals surface area contributed by atoms with E-state index < -0.39 is 0 Å². The van der Waals surface area contributed by atoms with E-state index in [4.69, 9.17) is 9.97 Å². The summed E-state index contributed by atoms with van der Waals surface area (Å²) in [4.78, 5) is 52.9. The Hall–Kier alpha value is -2.55. The number of piperidine rings is 1. The fraction of sp³-hybridized carbons (Fsp3) is 0.696. The van der Waals surface area contributed by atoms with Crippen molar-refractivity contribution in [1.82, 2.24) is 25.1 Å². The van der Waals surface area contributed by atoms with Crippen LogP contribution in [0.3, 0.4) is 0 Å². The van der Waals surface area contributed by atoms with E-state index in [1.54, 1.807) is 0 Å². The summed E-state index contributed by atoms with van der Waals surface area (Å²) in [5.74, 6) is 1.77. The van der Waals surface area contributed by atoms with Gasteiger partial charge in [-0.25, -0.2) is 9.97 Å². The number of amides is 3. The molecule has 3 aliphatic rings. The van der Waals surface area contributed by atoms with Crippen molar-refractivity contribution in [1.29, 1.82) is 0 Å². The minimum atomic E-state index is -0.197. The van der Waals surface area contributed by atoms with Crippen molar-refractivity contribution < 1.29 is 14.4 Å². The first kappa shape index (κ1) is 22.6. The molecule has 32 heavy (non-hydrogen) atoms. The van der Waals surface area contributed by atoms with E-state index in [0.717, 1.165) is 36.3 Å². The van der Waals surface area contributed by atoms with E-state index >= 15 is 0 Å². The second-order valence-corrected chi connectivity index (χ2v) is 9.53. The van der Waals surface area contributed by atoms with Crippen LogP contribution in [0.2, 0.25) is 0 Å². The van der Waals surface area contributed by atoms with Gasteiger partial charge in [0.15, 0.2) is 5.82 Å². The number of carbonyl (C=O) groups is 3. The van der Waals surface area contributed by atoms with Gasteiger partial charge in [-0.05, 0) is 38.5 Å². The van der Waals surface area contributed by atoms with Gasteiger partial charge in [0.2, 0.25) is 17.7 Å². The third kappa shape index (κ3) is 4.77. The van der Waals surface area contributed by atoms with Gasteiger partial charge in [-0.15, -0.1) is 0 Å². The Balaban J connectivity index is 1.60. The van der Waals surface area contributed by atoms with Gasteiger partial charge in [-0.2, -0.15) is 0 Å². The van der Waals surface area contributed by atoms with Gasteiger partial charge in [0, 0.05) is 43.9 Å². The van der Waals surface area contributed by atoms with E-state index in [1.807, 2.05) is 21.6 Å². The topological polar surface area (TPSA) is 98.7 Å². The maximum atomic E-state index is 13.2. The van der Waals surface area contributed by atoms with E-state index in [9.17, 15) is 14.4 Å². The van der Waals surface area contributed by atoms with Crippen LogP contribution in [0.4, 0.5) is 5.82 Å². The van der Waals surface area contributed by atoms with Crippen molar-refractivity contribution in [3.05, 3.63) is 17.1 Å². The summed E-state index contributed by atoms with van der Waals surface area (Å²) in [6.45, 7) is 9.20. The number of nitrogens with one attached hydrogen (secondary N) is 1. The Morgan fingerprint density at radius 1 is 1.16 bits per heavy atom. The molecule has 3 aliphatic heterocycles. The van der Waals surface area contributed by atoms with Gasteiger partial charge in [0.1, 0.15) is 5.82 Å². The number of aromatic nitrogens is 2. The zero-order valence-corrected chi connectivity index (χ0v) is 19.4. The molecule has 4 rings (SSSR count). The summed E-state index contributed by atoms with van der Waals surface area (Å²) in [5.41, 5.74) is 1.94. The van der Waals surface area contributed by atoms with Crippen LogP contribution < -0.4 is 10.2 Å². The van der Waals surface area contributed by atoms with Crippen LogP contribution in [0.1, 0.15) is 62.7 Å². The number of hydrogen-bond donors (Lipinski definition) is 1. The maximum absolute atomic E-state index is 13.2. The molecule has 0 unspecified atom stereocenters. The quantitative estimate of drug-likeness (QED) is 0.736. The lowest BCUT2D eigenvalue weighted by molar-refractivity contribution is -0.137. The smallest absolute Gasteiger partial charge is 0.237 e. The average molecular weight is 443 g/mol. The molecule has 1 aromatic rings. The van der Waals surface area contributed by atoms with Crippen molar-refractivity contribution in [3.63, 3.8) is 0 Å². The molecule has 0 aromatic carbocycles. The number of fused-ring (bicyclic) bond motifs is 1. The third-order valence-electron chi connectivity index (χ3n) is 6.50. The summed E-state index contributed by atoms with van der Waals surface area (Å²) < 4.78 is 0. The molecule has 0 radical (unpaired) electrons. The Kier molecular flexibility index (Phi) is 6.74. The molecule has 9 heteroatoms. The predicted octanol–water partition coefficient (Wildman–Crippen LogP) is 1.21. The SMILES string of the molecule is Cc1nc([C@@H]2CCCCN2C(=O)CN2CCNC(=O)C2)nc2c1CCC(=O)N2CC(C)C. The van der Waals surface area contributed by atoms with Crippen LogP contribution in [0.15, 0.2) is 0 Å². The highest BCUT2D eigenvalue weighted by atomic mass is 16.2. The highest BCUT2D eigenvalue weighted by Gasteiger charge is 2.34. The molecule has 0 bridgehead atoms. The molecular weight excluding hydrogens is 408 g/mol. The fourth-order valence-electron chi connectivity index (χ4n) is 4.91.